The number of hydrogen-bond acceptors (Lipinski definition) is 6. The van der Waals surface area contributed by atoms with Gasteiger partial charge in [0, 0.05) is 36.5 Å². The lowest BCUT2D eigenvalue weighted by atomic mass is 9.84. The van der Waals surface area contributed by atoms with Gasteiger partial charge in [-0.25, -0.2) is 4.98 Å². The standard InChI is InChI=1S/C25H28N4O2/c1-16-8-6-9-17(2)29(16)25-27-20-14-18(22-12-7-13-31-22)15-21(30)23(20)24(28-25)26-19-10-4-3-5-11-19/h3-5,7,10-13,16-18H,6,8-9,14-15H2,1-2H3,(H,26,27,28). The summed E-state index contributed by atoms with van der Waals surface area (Å²) in [5.41, 5.74) is 2.34. The van der Waals surface area contributed by atoms with Crippen LogP contribution in [-0.2, 0) is 6.42 Å². The lowest BCUT2D eigenvalue weighted by Gasteiger charge is -2.39. The van der Waals surface area contributed by atoms with Crippen molar-refractivity contribution in [2.45, 2.75) is 64.0 Å². The Hall–Kier alpha value is -3.15. The van der Waals surface area contributed by atoms with E-state index in [1.807, 2.05) is 42.5 Å². The number of anilines is 3. The summed E-state index contributed by atoms with van der Waals surface area (Å²) >= 11 is 0. The van der Waals surface area contributed by atoms with Crippen molar-refractivity contribution in [2.24, 2.45) is 0 Å². The van der Waals surface area contributed by atoms with Crippen LogP contribution in [0.25, 0.3) is 0 Å². The number of benzene rings is 1. The molecule has 5 rings (SSSR count). The van der Waals surface area contributed by atoms with E-state index >= 15 is 0 Å². The highest BCUT2D eigenvalue weighted by Gasteiger charge is 2.35. The summed E-state index contributed by atoms with van der Waals surface area (Å²) < 4.78 is 5.62. The van der Waals surface area contributed by atoms with Crippen LogP contribution in [0.5, 0.6) is 0 Å². The molecule has 160 valence electrons. The van der Waals surface area contributed by atoms with Crippen molar-refractivity contribution >= 4 is 23.2 Å². The maximum atomic E-state index is 13.2. The van der Waals surface area contributed by atoms with Crippen molar-refractivity contribution in [1.29, 1.82) is 0 Å². The highest BCUT2D eigenvalue weighted by atomic mass is 16.3. The Balaban J connectivity index is 1.60. The predicted molar refractivity (Wildman–Crippen MR) is 121 cm³/mol. The third-order valence-corrected chi connectivity index (χ3v) is 6.53. The van der Waals surface area contributed by atoms with Gasteiger partial charge in [-0.3, -0.25) is 4.79 Å². The molecular formula is C25H28N4O2. The lowest BCUT2D eigenvalue weighted by Crippen LogP contribution is -2.45. The molecule has 1 aliphatic carbocycles. The van der Waals surface area contributed by atoms with Gasteiger partial charge in [0.05, 0.1) is 17.5 Å². The quantitative estimate of drug-likeness (QED) is 0.606. The molecular weight excluding hydrogens is 388 g/mol. The number of carbonyl (C=O) groups excluding carboxylic acids is 1. The molecule has 3 unspecified atom stereocenters. The second-order valence-electron chi connectivity index (χ2n) is 8.76. The van der Waals surface area contributed by atoms with Crippen LogP contribution >= 0.6 is 0 Å². The van der Waals surface area contributed by atoms with Gasteiger partial charge in [-0.1, -0.05) is 18.2 Å². The fourth-order valence-electron chi connectivity index (χ4n) is 4.97. The maximum Gasteiger partial charge on any atom is 0.228 e. The zero-order chi connectivity index (χ0) is 21.4. The Morgan fingerprint density at radius 2 is 1.77 bits per heavy atom. The average molecular weight is 417 g/mol. The Morgan fingerprint density at radius 3 is 2.48 bits per heavy atom. The van der Waals surface area contributed by atoms with Crippen LogP contribution in [0.3, 0.4) is 0 Å². The Bertz CT molecular complexity index is 1050. The molecule has 3 heterocycles. The number of Topliss-reactive ketones (excluding diaryl/α,β-unsaturated/α-hetero) is 1. The third kappa shape index (κ3) is 3.82. The number of nitrogens with one attached hydrogen (secondary N) is 1. The number of carbonyl (C=O) groups is 1. The summed E-state index contributed by atoms with van der Waals surface area (Å²) in [6, 6.07) is 14.4. The number of fused-ring (bicyclic) bond motifs is 1. The lowest BCUT2D eigenvalue weighted by molar-refractivity contribution is 0.0959. The minimum Gasteiger partial charge on any atom is -0.469 e. The zero-order valence-electron chi connectivity index (χ0n) is 18.0. The summed E-state index contributed by atoms with van der Waals surface area (Å²) in [5, 5.41) is 3.40. The highest BCUT2D eigenvalue weighted by molar-refractivity contribution is 6.03. The second kappa shape index (κ2) is 8.17. The summed E-state index contributed by atoms with van der Waals surface area (Å²) in [6.07, 6.45) is 6.21. The molecule has 6 nitrogen and oxygen atoms in total. The number of hydrogen-bond donors (Lipinski definition) is 1. The van der Waals surface area contributed by atoms with Crippen molar-refractivity contribution in [3.05, 3.63) is 65.7 Å². The van der Waals surface area contributed by atoms with E-state index in [1.54, 1.807) is 6.26 Å². The van der Waals surface area contributed by atoms with Gasteiger partial charge in [-0.15, -0.1) is 0 Å². The molecule has 1 N–H and O–H groups in total. The number of rotatable bonds is 4. The molecule has 1 aliphatic heterocycles. The number of furan rings is 1. The van der Waals surface area contributed by atoms with Crippen molar-refractivity contribution in [3.63, 3.8) is 0 Å². The van der Waals surface area contributed by atoms with Crippen LogP contribution in [0.15, 0.2) is 53.1 Å². The normalized spacial score (nSPS) is 23.5. The minimum atomic E-state index is 0.0125. The Kier molecular flexibility index (Phi) is 5.22. The first-order valence-corrected chi connectivity index (χ1v) is 11.2. The summed E-state index contributed by atoms with van der Waals surface area (Å²) in [5.74, 6) is 2.24. The van der Waals surface area contributed by atoms with Crippen molar-refractivity contribution in [3.8, 4) is 0 Å². The summed E-state index contributed by atoms with van der Waals surface area (Å²) in [6.45, 7) is 4.47. The highest BCUT2D eigenvalue weighted by Crippen LogP contribution is 2.37. The van der Waals surface area contributed by atoms with Gasteiger partial charge in [0.25, 0.3) is 0 Å². The smallest absolute Gasteiger partial charge is 0.228 e. The van der Waals surface area contributed by atoms with Gasteiger partial charge in [0.1, 0.15) is 11.6 Å². The SMILES string of the molecule is CC1CCCC(C)N1c1nc2c(c(Nc3ccccc3)n1)C(=O)CC(c1ccco1)C2. The fraction of sp³-hybridized carbons (Fsp3) is 0.400. The monoisotopic (exact) mass is 416 g/mol. The number of nitrogens with zero attached hydrogens (tertiary/aromatic N) is 3. The Morgan fingerprint density at radius 1 is 1.00 bits per heavy atom. The first-order chi connectivity index (χ1) is 15.1. The summed E-state index contributed by atoms with van der Waals surface area (Å²) in [7, 11) is 0. The van der Waals surface area contributed by atoms with Gasteiger partial charge in [0.2, 0.25) is 5.95 Å². The number of piperidine rings is 1. The van der Waals surface area contributed by atoms with Crippen molar-refractivity contribution in [2.75, 3.05) is 10.2 Å². The van der Waals surface area contributed by atoms with E-state index in [9.17, 15) is 4.79 Å². The number of aromatic nitrogens is 2. The number of para-hydroxylation sites is 1. The molecule has 0 spiro atoms. The van der Waals surface area contributed by atoms with E-state index in [0.717, 1.165) is 30.0 Å². The molecule has 2 aromatic heterocycles. The molecule has 1 saturated heterocycles. The molecule has 0 bridgehead atoms. The van der Waals surface area contributed by atoms with Gasteiger partial charge in [0.15, 0.2) is 5.78 Å². The average Bonchev–Trinajstić information content (AvgIpc) is 3.29. The van der Waals surface area contributed by atoms with E-state index in [-0.39, 0.29) is 11.7 Å². The Labute approximate surface area is 182 Å². The largest absolute Gasteiger partial charge is 0.469 e. The van der Waals surface area contributed by atoms with Crippen LogP contribution in [-0.4, -0.2) is 27.8 Å². The van der Waals surface area contributed by atoms with Crippen LogP contribution in [0.1, 0.15) is 67.3 Å². The summed E-state index contributed by atoms with van der Waals surface area (Å²) in [4.78, 5) is 25.4. The molecule has 0 amide bonds. The van der Waals surface area contributed by atoms with E-state index in [4.69, 9.17) is 14.4 Å². The molecule has 0 saturated carbocycles. The maximum absolute atomic E-state index is 13.2. The van der Waals surface area contributed by atoms with E-state index in [1.165, 1.54) is 6.42 Å². The zero-order valence-corrected chi connectivity index (χ0v) is 18.0. The van der Waals surface area contributed by atoms with Gasteiger partial charge in [-0.2, -0.15) is 4.98 Å². The first kappa shape index (κ1) is 19.8. The predicted octanol–water partition coefficient (Wildman–Crippen LogP) is 5.49. The van der Waals surface area contributed by atoms with Crippen LogP contribution < -0.4 is 10.2 Å². The van der Waals surface area contributed by atoms with Gasteiger partial charge >= 0.3 is 0 Å². The molecule has 3 aromatic rings. The van der Waals surface area contributed by atoms with Gasteiger partial charge in [-0.05, 0) is 57.4 Å². The van der Waals surface area contributed by atoms with E-state index in [2.05, 4.69) is 24.1 Å². The second-order valence-corrected chi connectivity index (χ2v) is 8.76. The molecule has 0 radical (unpaired) electrons. The van der Waals surface area contributed by atoms with Crippen molar-refractivity contribution < 1.29 is 9.21 Å². The fourth-order valence-corrected chi connectivity index (χ4v) is 4.97. The first-order valence-electron chi connectivity index (χ1n) is 11.2. The van der Waals surface area contributed by atoms with E-state index in [0.29, 0.717) is 42.3 Å². The van der Waals surface area contributed by atoms with Crippen molar-refractivity contribution in [1.82, 2.24) is 9.97 Å². The van der Waals surface area contributed by atoms with E-state index < -0.39 is 0 Å². The van der Waals surface area contributed by atoms with Crippen LogP contribution in [0, 0.1) is 0 Å². The molecule has 3 atom stereocenters. The number of ketones is 1. The third-order valence-electron chi connectivity index (χ3n) is 6.53. The topological polar surface area (TPSA) is 71.3 Å². The molecule has 6 heteroatoms. The molecule has 2 aliphatic rings. The molecule has 1 aromatic carbocycles. The van der Waals surface area contributed by atoms with Crippen LogP contribution in [0.2, 0.25) is 0 Å². The van der Waals surface area contributed by atoms with Gasteiger partial charge < -0.3 is 14.6 Å². The molecule has 1 fully saturated rings. The minimum absolute atomic E-state index is 0.0125. The van der Waals surface area contributed by atoms with Crippen LogP contribution in [0.4, 0.5) is 17.5 Å². The molecule has 31 heavy (non-hydrogen) atoms.